The SMILES string of the molecule is COc1cc(N=Nc2cccc(SOO[O-])c2)ccc1Nc1nc(NCCS(=O)(=O)[O-])nc(Nc2ccc(N=Nc3cccc(S(=O)(=O)[O-])c3)cc2OC)n1.[Na+].[Na+].[Na+]. The van der Waals surface area contributed by atoms with E-state index in [-0.39, 0.29) is 124 Å². The fraction of sp³-hybridized carbons (Fsp3) is 0.129. The minimum atomic E-state index is -4.68. The van der Waals surface area contributed by atoms with Gasteiger partial charge in [-0.2, -0.15) is 39.7 Å². The van der Waals surface area contributed by atoms with Crippen LogP contribution >= 0.6 is 12.0 Å². The maximum atomic E-state index is 11.4. The number of nitrogens with zero attached hydrogens (tertiary/aromatic N) is 7. The van der Waals surface area contributed by atoms with Crippen LogP contribution in [-0.2, 0) is 29.6 Å². The molecule has 0 aliphatic carbocycles. The molecule has 0 aliphatic heterocycles. The van der Waals surface area contributed by atoms with Crippen molar-refractivity contribution < 1.29 is 139 Å². The van der Waals surface area contributed by atoms with Crippen LogP contribution in [0.4, 0.5) is 52.0 Å². The van der Waals surface area contributed by atoms with Gasteiger partial charge in [0.25, 0.3) is 0 Å². The van der Waals surface area contributed by atoms with E-state index >= 15 is 0 Å². The second-order valence-corrected chi connectivity index (χ2v) is 14.3. The number of methoxy groups -OCH3 is 2. The average Bonchev–Trinajstić information content (AvgIpc) is 3.15. The van der Waals surface area contributed by atoms with E-state index < -0.39 is 30.9 Å². The van der Waals surface area contributed by atoms with E-state index in [0.29, 0.717) is 51.1 Å². The normalized spacial score (nSPS) is 11.3. The third-order valence-corrected chi connectivity index (χ3v) is 8.88. The Kier molecular flexibility index (Phi) is 21.6. The van der Waals surface area contributed by atoms with Crippen LogP contribution in [0, 0.1) is 0 Å². The van der Waals surface area contributed by atoms with Crippen LogP contribution in [0.3, 0.4) is 0 Å². The maximum Gasteiger partial charge on any atom is 1.00 e. The van der Waals surface area contributed by atoms with Crippen molar-refractivity contribution in [1.29, 1.82) is 0 Å². The molecule has 5 rings (SSSR count). The Morgan fingerprint density at radius 3 is 1.62 bits per heavy atom. The van der Waals surface area contributed by atoms with E-state index in [4.69, 9.17) is 9.47 Å². The molecule has 0 atom stereocenters. The van der Waals surface area contributed by atoms with Crippen LogP contribution in [0.2, 0.25) is 0 Å². The Balaban J connectivity index is 0.00000387. The molecule has 4 aromatic carbocycles. The molecular weight excluding hydrogens is 854 g/mol. The Morgan fingerprint density at radius 2 is 1.14 bits per heavy atom. The second kappa shape index (κ2) is 24.4. The molecule has 0 bridgehead atoms. The van der Waals surface area contributed by atoms with Gasteiger partial charge in [-0.05, 0) is 60.7 Å². The topological polar surface area (TPSA) is 299 Å². The number of azo groups is 2. The van der Waals surface area contributed by atoms with E-state index in [1.165, 1.54) is 32.4 Å². The molecule has 0 spiro atoms. The number of aromatic nitrogens is 3. The number of nitrogens with one attached hydrogen (secondary N) is 3. The summed E-state index contributed by atoms with van der Waals surface area (Å²) in [6.07, 6.45) is 0. The van der Waals surface area contributed by atoms with Gasteiger partial charge in [-0.25, -0.2) is 16.8 Å². The van der Waals surface area contributed by atoms with Crippen molar-refractivity contribution >= 4 is 84.2 Å². The van der Waals surface area contributed by atoms with Crippen molar-refractivity contribution in [2.45, 2.75) is 9.79 Å². The quantitative estimate of drug-likeness (QED) is 0.0191. The van der Waals surface area contributed by atoms with E-state index in [1.807, 2.05) is 0 Å². The summed E-state index contributed by atoms with van der Waals surface area (Å²) >= 11 is 0.711. The molecular formula is C31H27N10Na3O11S3. The number of benzene rings is 4. The maximum absolute atomic E-state index is 11.4. The standard InChI is InChI=1S/C31H30N10O11S3.3Na/c1-49-27-17-21(40-38-19-5-3-7-23(15-19)53-52-51-42)9-11-25(27)33-30-35-29(32-13-14-54(43,44)45)36-31(37-30)34-26-12-10-22(18-28(26)50-2)41-39-20-6-4-8-24(16-20)55(46,47)48;;;/h3-12,15-18,42H,13-14H2,1-2H3,(H,43,44,45)(H,46,47,48)(H3,32,33,34,35,36,37);;;/q;3*+1/p-3. The van der Waals surface area contributed by atoms with Crippen LogP contribution in [0.1, 0.15) is 0 Å². The van der Waals surface area contributed by atoms with Gasteiger partial charge in [0, 0.05) is 23.6 Å². The van der Waals surface area contributed by atoms with Crippen molar-refractivity contribution in [3.8, 4) is 11.5 Å². The number of ether oxygens (including phenoxy) is 2. The summed E-state index contributed by atoms with van der Waals surface area (Å²) in [6, 6.07) is 21.2. The van der Waals surface area contributed by atoms with Gasteiger partial charge < -0.3 is 39.8 Å². The second-order valence-electron chi connectivity index (χ2n) is 10.6. The van der Waals surface area contributed by atoms with Crippen molar-refractivity contribution in [2.24, 2.45) is 20.5 Å². The van der Waals surface area contributed by atoms with Crippen LogP contribution < -0.4 is 119 Å². The van der Waals surface area contributed by atoms with Crippen LogP contribution in [0.5, 0.6) is 11.5 Å². The Morgan fingerprint density at radius 1 is 0.655 bits per heavy atom. The summed E-state index contributed by atoms with van der Waals surface area (Å²) in [5.74, 6) is -0.312. The first-order valence-corrected chi connectivity index (χ1v) is 19.0. The smallest absolute Gasteiger partial charge is 0.748 e. The molecule has 288 valence electrons. The van der Waals surface area contributed by atoms with Crippen LogP contribution in [0.25, 0.3) is 0 Å². The van der Waals surface area contributed by atoms with Gasteiger partial charge in [-0.1, -0.05) is 12.1 Å². The van der Waals surface area contributed by atoms with Gasteiger partial charge in [-0.3, -0.25) is 5.04 Å². The zero-order chi connectivity index (χ0) is 39.4. The summed E-state index contributed by atoms with van der Waals surface area (Å²) in [6.45, 7) is -0.300. The zero-order valence-electron chi connectivity index (χ0n) is 31.3. The predicted molar refractivity (Wildman–Crippen MR) is 193 cm³/mol. The third-order valence-electron chi connectivity index (χ3n) is 6.78. The molecule has 3 N–H and O–H groups in total. The summed E-state index contributed by atoms with van der Waals surface area (Å²) in [5, 5.41) is 38.7. The van der Waals surface area contributed by atoms with Gasteiger partial charge in [0.15, 0.2) is 0 Å². The van der Waals surface area contributed by atoms with E-state index in [1.54, 1.807) is 54.6 Å². The molecule has 27 heteroatoms. The minimum Gasteiger partial charge on any atom is -0.748 e. The third kappa shape index (κ3) is 16.3. The number of hydrogen-bond donors (Lipinski definition) is 3. The van der Waals surface area contributed by atoms with Crippen molar-refractivity contribution in [1.82, 2.24) is 15.0 Å². The van der Waals surface area contributed by atoms with Gasteiger partial charge in [0.1, 0.15) is 21.6 Å². The van der Waals surface area contributed by atoms with E-state index in [0.717, 1.165) is 12.1 Å². The molecule has 5 aromatic rings. The first-order chi connectivity index (χ1) is 26.3. The molecule has 1 aromatic heterocycles. The van der Waals surface area contributed by atoms with Gasteiger partial charge in [0.05, 0.1) is 81.2 Å². The average molecular weight is 881 g/mol. The number of anilines is 5. The molecule has 0 radical (unpaired) electrons. The summed E-state index contributed by atoms with van der Waals surface area (Å²) in [5.41, 5.74) is 2.07. The van der Waals surface area contributed by atoms with Gasteiger partial charge in [-0.15, -0.1) is 0 Å². The number of rotatable bonds is 18. The minimum absolute atomic E-state index is 0. The van der Waals surface area contributed by atoms with Gasteiger partial charge >= 0.3 is 88.7 Å². The summed E-state index contributed by atoms with van der Waals surface area (Å²) < 4.78 is 83.1. The molecule has 0 saturated carbocycles. The first kappa shape index (κ1) is 51.3. The molecule has 58 heavy (non-hydrogen) atoms. The summed E-state index contributed by atoms with van der Waals surface area (Å²) in [7, 11) is -6.40. The zero-order valence-corrected chi connectivity index (χ0v) is 39.8. The first-order valence-electron chi connectivity index (χ1n) is 15.3. The molecule has 0 fully saturated rings. The molecule has 0 amide bonds. The number of hydrogen-bond acceptors (Lipinski definition) is 22. The van der Waals surface area contributed by atoms with Crippen molar-refractivity contribution in [3.05, 3.63) is 84.9 Å². The largest absolute Gasteiger partial charge is 1.00 e. The molecule has 21 nitrogen and oxygen atoms in total. The predicted octanol–water partition coefficient (Wildman–Crippen LogP) is -3.69. The van der Waals surface area contributed by atoms with E-state index in [2.05, 4.69) is 60.7 Å². The van der Waals surface area contributed by atoms with Crippen molar-refractivity contribution in [2.75, 3.05) is 42.5 Å². The molecule has 0 aliphatic rings. The molecule has 0 saturated heterocycles. The summed E-state index contributed by atoms with van der Waals surface area (Å²) in [4.78, 5) is 13.1. The fourth-order valence-electron chi connectivity index (χ4n) is 4.37. The molecule has 1 heterocycles. The van der Waals surface area contributed by atoms with E-state index in [9.17, 15) is 31.2 Å². The van der Waals surface area contributed by atoms with Gasteiger partial charge in [0.2, 0.25) is 17.8 Å². The molecule has 0 unspecified atom stereocenters. The Labute approximate surface area is 402 Å². The Bertz CT molecular complexity index is 2440. The van der Waals surface area contributed by atoms with Crippen LogP contribution in [0.15, 0.2) is 115 Å². The van der Waals surface area contributed by atoms with Crippen LogP contribution in [-0.4, -0.2) is 67.4 Å². The van der Waals surface area contributed by atoms with Crippen molar-refractivity contribution in [3.63, 3.8) is 0 Å². The fourth-order valence-corrected chi connectivity index (χ4v) is 5.64. The Hall–Kier alpha value is -2.86. The monoisotopic (exact) mass is 880 g/mol.